The highest BCUT2D eigenvalue weighted by Gasteiger charge is 2.31. The van der Waals surface area contributed by atoms with E-state index in [1.54, 1.807) is 0 Å². The molecule has 4 atom stereocenters. The van der Waals surface area contributed by atoms with Crippen LogP contribution in [0, 0.1) is 0 Å². The van der Waals surface area contributed by atoms with Crippen molar-refractivity contribution in [3.05, 3.63) is 0 Å². The second-order valence-electron chi connectivity index (χ2n) is 7.03. The van der Waals surface area contributed by atoms with Gasteiger partial charge in [0.2, 0.25) is 23.6 Å². The van der Waals surface area contributed by atoms with Gasteiger partial charge in [-0.05, 0) is 19.8 Å². The first-order valence-electron chi connectivity index (χ1n) is 9.69. The van der Waals surface area contributed by atoms with E-state index in [-0.39, 0.29) is 25.3 Å². The first kappa shape index (κ1) is 29.0. The lowest BCUT2D eigenvalue weighted by atomic mass is 10.1. The van der Waals surface area contributed by atoms with Crippen LogP contribution in [0.4, 0.5) is 0 Å². The Kier molecular flexibility index (Phi) is 12.5. The highest BCUT2D eigenvalue weighted by Crippen LogP contribution is 2.04. The zero-order chi connectivity index (χ0) is 25.7. The molecule has 0 bridgehead atoms. The van der Waals surface area contributed by atoms with E-state index in [0.717, 1.165) is 0 Å². The van der Waals surface area contributed by atoms with Crippen LogP contribution in [0.5, 0.6) is 0 Å². The average molecular weight is 474 g/mol. The molecule has 4 unspecified atom stereocenters. The number of aliphatic carboxylic acids is 2. The second-order valence-corrected chi connectivity index (χ2v) is 7.03. The predicted molar refractivity (Wildman–Crippen MR) is 113 cm³/mol. The Labute approximate surface area is 188 Å². The molecule has 0 aromatic rings. The number of nitrogens with two attached hydrogens (primary N) is 4. The molecule has 0 aliphatic carbocycles. The van der Waals surface area contributed by atoms with Gasteiger partial charge in [0, 0.05) is 6.54 Å². The van der Waals surface area contributed by atoms with Crippen molar-refractivity contribution in [2.45, 2.75) is 56.8 Å². The topological polar surface area (TPSA) is 295 Å². The molecule has 0 aliphatic heterocycles. The Morgan fingerprint density at radius 2 is 1.33 bits per heavy atom. The SMILES string of the molecule is CC(N)C(=O)NC(CC(N)=O)C(=O)NC(CCCN=C(N)N)C(=O)NC(CC(=O)O)C(=O)O. The molecule has 0 aromatic heterocycles. The fourth-order valence-corrected chi connectivity index (χ4v) is 2.41. The van der Waals surface area contributed by atoms with Crippen LogP contribution < -0.4 is 38.9 Å². The van der Waals surface area contributed by atoms with E-state index in [0.29, 0.717) is 0 Å². The van der Waals surface area contributed by atoms with Gasteiger partial charge in [-0.1, -0.05) is 0 Å². The van der Waals surface area contributed by atoms with Crippen molar-refractivity contribution >= 4 is 41.5 Å². The zero-order valence-corrected chi connectivity index (χ0v) is 17.9. The van der Waals surface area contributed by atoms with Crippen LogP contribution in [-0.4, -0.2) is 82.5 Å². The highest BCUT2D eigenvalue weighted by atomic mass is 16.4. The molecular formula is C17H30N8O8. The van der Waals surface area contributed by atoms with E-state index in [2.05, 4.69) is 15.6 Å². The fraction of sp³-hybridized carbons (Fsp3) is 0.588. The number of amides is 4. The van der Waals surface area contributed by atoms with Gasteiger partial charge in [-0.15, -0.1) is 0 Å². The lowest BCUT2D eigenvalue weighted by Crippen LogP contribution is -2.57. The van der Waals surface area contributed by atoms with Crippen molar-refractivity contribution < 1.29 is 39.0 Å². The minimum atomic E-state index is -1.77. The van der Waals surface area contributed by atoms with E-state index in [1.165, 1.54) is 6.92 Å². The summed E-state index contributed by atoms with van der Waals surface area (Å²) < 4.78 is 0. The molecule has 0 heterocycles. The zero-order valence-electron chi connectivity index (χ0n) is 17.9. The van der Waals surface area contributed by atoms with Gasteiger partial charge >= 0.3 is 11.9 Å². The summed E-state index contributed by atoms with van der Waals surface area (Å²) in [5.74, 6) is -6.98. The minimum Gasteiger partial charge on any atom is -0.481 e. The summed E-state index contributed by atoms with van der Waals surface area (Å²) in [4.78, 5) is 74.2. The van der Waals surface area contributed by atoms with Gasteiger partial charge < -0.3 is 49.1 Å². The third-order valence-electron chi connectivity index (χ3n) is 4.02. The van der Waals surface area contributed by atoms with Gasteiger partial charge in [-0.25, -0.2) is 4.79 Å². The van der Waals surface area contributed by atoms with E-state index in [1.807, 2.05) is 5.32 Å². The summed E-state index contributed by atoms with van der Waals surface area (Å²) in [6.45, 7) is 1.40. The number of primary amides is 1. The number of hydrogen-bond donors (Lipinski definition) is 9. The van der Waals surface area contributed by atoms with Crippen LogP contribution in [0.1, 0.15) is 32.6 Å². The van der Waals surface area contributed by atoms with Crippen LogP contribution in [0.3, 0.4) is 0 Å². The van der Waals surface area contributed by atoms with Crippen molar-refractivity contribution in [1.82, 2.24) is 16.0 Å². The predicted octanol–water partition coefficient (Wildman–Crippen LogP) is -4.72. The van der Waals surface area contributed by atoms with E-state index in [9.17, 15) is 28.8 Å². The molecular weight excluding hydrogens is 444 g/mol. The molecule has 4 amide bonds. The Morgan fingerprint density at radius 1 is 0.818 bits per heavy atom. The number of aliphatic imine (C=N–C) groups is 1. The molecule has 0 saturated heterocycles. The summed E-state index contributed by atoms with van der Waals surface area (Å²) in [6, 6.07) is -5.64. The van der Waals surface area contributed by atoms with Crippen LogP contribution >= 0.6 is 0 Å². The summed E-state index contributed by atoms with van der Waals surface area (Å²) in [6.07, 6.45) is -1.47. The lowest BCUT2D eigenvalue weighted by molar-refractivity contribution is -0.147. The molecule has 16 nitrogen and oxygen atoms in total. The van der Waals surface area contributed by atoms with Crippen LogP contribution in [0.2, 0.25) is 0 Å². The Hall–Kier alpha value is -3.95. The molecule has 0 radical (unpaired) electrons. The molecule has 16 heteroatoms. The van der Waals surface area contributed by atoms with Crippen molar-refractivity contribution in [2.24, 2.45) is 27.9 Å². The summed E-state index contributed by atoms with van der Waals surface area (Å²) in [5.41, 5.74) is 21.0. The van der Waals surface area contributed by atoms with Crippen molar-refractivity contribution in [3.63, 3.8) is 0 Å². The van der Waals surface area contributed by atoms with Crippen LogP contribution in [0.25, 0.3) is 0 Å². The number of guanidine groups is 1. The first-order valence-corrected chi connectivity index (χ1v) is 9.69. The van der Waals surface area contributed by atoms with E-state index >= 15 is 0 Å². The van der Waals surface area contributed by atoms with Gasteiger partial charge in [0.05, 0.1) is 18.9 Å². The largest absolute Gasteiger partial charge is 0.481 e. The number of carboxylic acid groups (broad SMARTS) is 2. The molecule has 0 fully saturated rings. The second kappa shape index (κ2) is 14.2. The third kappa shape index (κ3) is 12.5. The lowest BCUT2D eigenvalue weighted by Gasteiger charge is -2.24. The van der Waals surface area contributed by atoms with Crippen molar-refractivity contribution in [1.29, 1.82) is 0 Å². The number of carbonyl (C=O) groups is 6. The summed E-state index contributed by atoms with van der Waals surface area (Å²) in [7, 11) is 0. The number of rotatable bonds is 15. The summed E-state index contributed by atoms with van der Waals surface area (Å²) in [5, 5.41) is 24.5. The molecule has 0 rings (SSSR count). The molecule has 13 N–H and O–H groups in total. The Bertz CT molecular complexity index is 781. The fourth-order valence-electron chi connectivity index (χ4n) is 2.41. The number of carbonyl (C=O) groups excluding carboxylic acids is 4. The van der Waals surface area contributed by atoms with E-state index in [4.69, 9.17) is 33.1 Å². The number of hydrogen-bond acceptors (Lipinski definition) is 8. The molecule has 0 aromatic carbocycles. The molecule has 0 saturated carbocycles. The highest BCUT2D eigenvalue weighted by molar-refractivity contribution is 5.96. The minimum absolute atomic E-state index is 0.0611. The molecule has 0 aliphatic rings. The smallest absolute Gasteiger partial charge is 0.326 e. The Balaban J connectivity index is 5.59. The van der Waals surface area contributed by atoms with Gasteiger partial charge in [-0.3, -0.25) is 29.0 Å². The van der Waals surface area contributed by atoms with Gasteiger partial charge in [-0.2, -0.15) is 0 Å². The van der Waals surface area contributed by atoms with E-state index < -0.39 is 72.6 Å². The average Bonchev–Trinajstić information content (AvgIpc) is 2.67. The van der Waals surface area contributed by atoms with Crippen molar-refractivity contribution in [3.8, 4) is 0 Å². The molecule has 33 heavy (non-hydrogen) atoms. The first-order chi connectivity index (χ1) is 15.2. The normalized spacial score (nSPS) is 14.0. The van der Waals surface area contributed by atoms with Crippen LogP contribution in [0.15, 0.2) is 4.99 Å². The number of nitrogens with zero attached hydrogens (tertiary/aromatic N) is 1. The van der Waals surface area contributed by atoms with Crippen LogP contribution in [-0.2, 0) is 28.8 Å². The summed E-state index contributed by atoms with van der Waals surface area (Å²) >= 11 is 0. The maximum atomic E-state index is 12.7. The number of nitrogens with one attached hydrogen (secondary N) is 3. The Morgan fingerprint density at radius 3 is 1.79 bits per heavy atom. The maximum absolute atomic E-state index is 12.7. The van der Waals surface area contributed by atoms with Crippen molar-refractivity contribution in [2.75, 3.05) is 6.54 Å². The molecule has 0 spiro atoms. The third-order valence-corrected chi connectivity index (χ3v) is 4.02. The monoisotopic (exact) mass is 474 g/mol. The number of carboxylic acids is 2. The van der Waals surface area contributed by atoms with Gasteiger partial charge in [0.15, 0.2) is 5.96 Å². The van der Waals surface area contributed by atoms with Gasteiger partial charge in [0.25, 0.3) is 0 Å². The molecule has 186 valence electrons. The quantitative estimate of drug-likeness (QED) is 0.0616. The standard InChI is InChI=1S/C17H30N8O8/c1-7(18)13(29)24-9(5-11(19)26)15(31)23-8(3-2-4-22-17(20)21)14(30)25-10(16(32)33)6-12(27)28/h7-10H,2-6,18H2,1H3,(H2,19,26)(H,23,31)(H,24,29)(H,25,30)(H,27,28)(H,32,33)(H4,20,21,22). The van der Waals surface area contributed by atoms with Gasteiger partial charge in [0.1, 0.15) is 18.1 Å². The maximum Gasteiger partial charge on any atom is 0.326 e.